The van der Waals surface area contributed by atoms with Crippen LogP contribution in [0.15, 0.2) is 54.6 Å². The Hall–Kier alpha value is -2.47. The van der Waals surface area contributed by atoms with E-state index in [9.17, 15) is 0 Å². The fourth-order valence-electron chi connectivity index (χ4n) is 1.83. The molecule has 2 aromatic rings. The van der Waals surface area contributed by atoms with E-state index in [1.54, 1.807) is 0 Å². The SMILES string of the molecule is N#CCCN(c1ccccc1)c1ccc(N)cc1. The lowest BCUT2D eigenvalue weighted by Crippen LogP contribution is -2.17. The topological polar surface area (TPSA) is 53.0 Å². The maximum Gasteiger partial charge on any atom is 0.0640 e. The van der Waals surface area contributed by atoms with Crippen molar-refractivity contribution in [3.63, 3.8) is 0 Å². The summed E-state index contributed by atoms with van der Waals surface area (Å²) in [7, 11) is 0. The molecular formula is C15H15N3. The molecule has 0 fully saturated rings. The molecule has 3 nitrogen and oxygen atoms in total. The van der Waals surface area contributed by atoms with E-state index in [0.29, 0.717) is 13.0 Å². The number of nitrogens with zero attached hydrogens (tertiary/aromatic N) is 2. The smallest absolute Gasteiger partial charge is 0.0640 e. The molecule has 2 rings (SSSR count). The molecule has 0 saturated heterocycles. The molecule has 0 aliphatic carbocycles. The largest absolute Gasteiger partial charge is 0.399 e. The van der Waals surface area contributed by atoms with Crippen molar-refractivity contribution < 1.29 is 0 Å². The van der Waals surface area contributed by atoms with Crippen molar-refractivity contribution in [2.24, 2.45) is 0 Å². The Kier molecular flexibility index (Phi) is 3.83. The third kappa shape index (κ3) is 2.80. The summed E-state index contributed by atoms with van der Waals surface area (Å²) in [5, 5.41) is 8.76. The van der Waals surface area contributed by atoms with E-state index < -0.39 is 0 Å². The first-order chi connectivity index (χ1) is 8.81. The highest BCUT2D eigenvalue weighted by Crippen LogP contribution is 2.25. The first kappa shape index (κ1) is 12.0. The van der Waals surface area contributed by atoms with Crippen molar-refractivity contribution in [2.75, 3.05) is 17.2 Å². The van der Waals surface area contributed by atoms with Crippen molar-refractivity contribution in [3.8, 4) is 6.07 Å². The van der Waals surface area contributed by atoms with Crippen LogP contribution >= 0.6 is 0 Å². The number of nitriles is 1. The van der Waals surface area contributed by atoms with E-state index in [-0.39, 0.29) is 0 Å². The van der Waals surface area contributed by atoms with Gasteiger partial charge < -0.3 is 10.6 Å². The maximum atomic E-state index is 8.76. The number of rotatable bonds is 4. The fraction of sp³-hybridized carbons (Fsp3) is 0.133. The summed E-state index contributed by atoms with van der Waals surface area (Å²) >= 11 is 0. The van der Waals surface area contributed by atoms with Crippen molar-refractivity contribution in [1.29, 1.82) is 5.26 Å². The minimum atomic E-state index is 0.485. The van der Waals surface area contributed by atoms with Crippen LogP contribution in [0.5, 0.6) is 0 Å². The first-order valence-electron chi connectivity index (χ1n) is 5.86. The predicted octanol–water partition coefficient (Wildman–Crippen LogP) is 3.32. The summed E-state index contributed by atoms with van der Waals surface area (Å²) in [6, 6.07) is 19.9. The highest BCUT2D eigenvalue weighted by Gasteiger charge is 2.08. The molecule has 2 N–H and O–H groups in total. The minimum Gasteiger partial charge on any atom is -0.399 e. The van der Waals surface area contributed by atoms with Crippen LogP contribution in [0.3, 0.4) is 0 Å². The summed E-state index contributed by atoms with van der Waals surface area (Å²) < 4.78 is 0. The Balaban J connectivity index is 2.31. The number of nitrogens with two attached hydrogens (primary N) is 1. The van der Waals surface area contributed by atoms with Gasteiger partial charge in [-0.1, -0.05) is 18.2 Å². The van der Waals surface area contributed by atoms with E-state index in [1.165, 1.54) is 0 Å². The third-order valence-electron chi connectivity index (χ3n) is 2.72. The second-order valence-electron chi connectivity index (χ2n) is 3.99. The molecule has 0 amide bonds. The van der Waals surface area contributed by atoms with Crippen molar-refractivity contribution in [3.05, 3.63) is 54.6 Å². The van der Waals surface area contributed by atoms with Crippen LogP contribution < -0.4 is 10.6 Å². The summed E-state index contributed by atoms with van der Waals surface area (Å²) in [4.78, 5) is 2.11. The van der Waals surface area contributed by atoms with Crippen LogP contribution in [0.2, 0.25) is 0 Å². The standard InChI is InChI=1S/C15H15N3/c16-11-4-12-18(14-5-2-1-3-6-14)15-9-7-13(17)8-10-15/h1-3,5-10H,4,12,17H2. The number of hydrogen-bond acceptors (Lipinski definition) is 3. The zero-order valence-corrected chi connectivity index (χ0v) is 10.1. The van der Waals surface area contributed by atoms with Gasteiger partial charge in [-0.15, -0.1) is 0 Å². The molecule has 0 aromatic heterocycles. The quantitative estimate of drug-likeness (QED) is 0.830. The van der Waals surface area contributed by atoms with Gasteiger partial charge in [0.1, 0.15) is 0 Å². The van der Waals surface area contributed by atoms with Gasteiger partial charge in [0.25, 0.3) is 0 Å². The molecule has 0 saturated carbocycles. The molecule has 0 radical (unpaired) electrons. The van der Waals surface area contributed by atoms with Crippen LogP contribution in [-0.4, -0.2) is 6.54 Å². The monoisotopic (exact) mass is 237 g/mol. The van der Waals surface area contributed by atoms with Crippen molar-refractivity contribution in [2.45, 2.75) is 6.42 Å². The third-order valence-corrected chi connectivity index (χ3v) is 2.72. The van der Waals surface area contributed by atoms with Crippen LogP contribution in [0.25, 0.3) is 0 Å². The van der Waals surface area contributed by atoms with Crippen LogP contribution in [-0.2, 0) is 0 Å². The number of anilines is 3. The number of benzene rings is 2. The molecule has 0 atom stereocenters. The zero-order valence-electron chi connectivity index (χ0n) is 10.1. The average molecular weight is 237 g/mol. The lowest BCUT2D eigenvalue weighted by atomic mass is 10.2. The molecule has 0 aliphatic heterocycles. The van der Waals surface area contributed by atoms with Gasteiger partial charge >= 0.3 is 0 Å². The van der Waals surface area contributed by atoms with E-state index in [2.05, 4.69) is 11.0 Å². The fourth-order valence-corrected chi connectivity index (χ4v) is 1.83. The molecule has 90 valence electrons. The maximum absolute atomic E-state index is 8.76. The minimum absolute atomic E-state index is 0.485. The highest BCUT2D eigenvalue weighted by molar-refractivity contribution is 5.64. The Morgan fingerprint density at radius 1 is 0.944 bits per heavy atom. The van der Waals surface area contributed by atoms with Crippen LogP contribution in [0.1, 0.15) is 6.42 Å². The summed E-state index contributed by atoms with van der Waals surface area (Å²) in [6.07, 6.45) is 0.485. The molecule has 0 spiro atoms. The molecule has 3 heteroatoms. The Labute approximate surface area is 107 Å². The van der Waals surface area contributed by atoms with Gasteiger partial charge in [-0.25, -0.2) is 0 Å². The zero-order chi connectivity index (χ0) is 12.8. The number of para-hydroxylation sites is 1. The lowest BCUT2D eigenvalue weighted by molar-refractivity contribution is 0.948. The molecule has 2 aromatic carbocycles. The van der Waals surface area contributed by atoms with E-state index in [1.807, 2.05) is 54.6 Å². The van der Waals surface area contributed by atoms with E-state index >= 15 is 0 Å². The molecule has 0 aliphatic rings. The van der Waals surface area contributed by atoms with Crippen LogP contribution in [0, 0.1) is 11.3 Å². The molecule has 0 bridgehead atoms. The predicted molar refractivity (Wildman–Crippen MR) is 74.5 cm³/mol. The average Bonchev–Trinajstić information content (AvgIpc) is 2.42. The lowest BCUT2D eigenvalue weighted by Gasteiger charge is -2.24. The van der Waals surface area contributed by atoms with Gasteiger partial charge in [-0.05, 0) is 36.4 Å². The van der Waals surface area contributed by atoms with Gasteiger partial charge in [0.2, 0.25) is 0 Å². The van der Waals surface area contributed by atoms with Crippen LogP contribution in [0.4, 0.5) is 17.1 Å². The van der Waals surface area contributed by atoms with Gasteiger partial charge in [-0.2, -0.15) is 5.26 Å². The van der Waals surface area contributed by atoms with E-state index in [0.717, 1.165) is 17.1 Å². The molecular weight excluding hydrogens is 222 g/mol. The van der Waals surface area contributed by atoms with Gasteiger partial charge in [0, 0.05) is 23.6 Å². The first-order valence-corrected chi connectivity index (χ1v) is 5.86. The molecule has 0 unspecified atom stereocenters. The summed E-state index contributed by atoms with van der Waals surface area (Å²) in [6.45, 7) is 0.671. The highest BCUT2D eigenvalue weighted by atomic mass is 15.1. The van der Waals surface area contributed by atoms with Gasteiger partial charge in [-0.3, -0.25) is 0 Å². The second kappa shape index (κ2) is 5.74. The number of hydrogen-bond donors (Lipinski definition) is 1. The summed E-state index contributed by atoms with van der Waals surface area (Å²) in [5.41, 5.74) is 8.57. The molecule has 18 heavy (non-hydrogen) atoms. The second-order valence-corrected chi connectivity index (χ2v) is 3.99. The van der Waals surface area contributed by atoms with Gasteiger partial charge in [0.15, 0.2) is 0 Å². The normalized spacial score (nSPS) is 9.72. The Morgan fingerprint density at radius 2 is 1.56 bits per heavy atom. The number of nitrogen functional groups attached to an aromatic ring is 1. The van der Waals surface area contributed by atoms with Crippen molar-refractivity contribution >= 4 is 17.1 Å². The molecule has 0 heterocycles. The van der Waals surface area contributed by atoms with Gasteiger partial charge in [0.05, 0.1) is 12.5 Å². The Morgan fingerprint density at radius 3 is 2.17 bits per heavy atom. The summed E-state index contributed by atoms with van der Waals surface area (Å²) in [5.74, 6) is 0. The van der Waals surface area contributed by atoms with Crippen molar-refractivity contribution in [1.82, 2.24) is 0 Å². The Bertz CT molecular complexity index is 526. The van der Waals surface area contributed by atoms with E-state index in [4.69, 9.17) is 11.0 Å².